The van der Waals surface area contributed by atoms with Gasteiger partial charge in [0.05, 0.1) is 12.1 Å². The monoisotopic (exact) mass is 387 g/mol. The van der Waals surface area contributed by atoms with E-state index in [4.69, 9.17) is 0 Å². The molecule has 0 bridgehead atoms. The Labute approximate surface area is 171 Å². The van der Waals surface area contributed by atoms with Crippen molar-refractivity contribution >= 4 is 23.2 Å². The second kappa shape index (κ2) is 9.55. The first kappa shape index (κ1) is 20.1. The zero-order valence-corrected chi connectivity index (χ0v) is 16.7. The van der Waals surface area contributed by atoms with Crippen LogP contribution in [0.5, 0.6) is 0 Å². The van der Waals surface area contributed by atoms with Crippen LogP contribution in [0, 0.1) is 13.8 Å². The maximum atomic E-state index is 12.6. The summed E-state index contributed by atoms with van der Waals surface area (Å²) >= 11 is 0. The molecule has 0 aliphatic rings. The van der Waals surface area contributed by atoms with E-state index in [1.807, 2.05) is 68.4 Å². The lowest BCUT2D eigenvalue weighted by molar-refractivity contribution is -0.114. The van der Waals surface area contributed by atoms with Gasteiger partial charge < -0.3 is 16.0 Å². The maximum absolute atomic E-state index is 12.6. The van der Waals surface area contributed by atoms with Crippen molar-refractivity contribution in [2.75, 3.05) is 17.2 Å². The zero-order valence-electron chi connectivity index (χ0n) is 16.7. The minimum atomic E-state index is -0.188. The summed E-state index contributed by atoms with van der Waals surface area (Å²) < 4.78 is 0. The molecule has 3 aromatic carbocycles. The molecule has 2 amide bonds. The standard InChI is InChI=1S/C24H25N3O2/c1-17-12-13-20(14-18(17)2)27-23(28)16-25-22-11-7-6-10-21(22)24(29)26-15-19-8-4-3-5-9-19/h3-14,25H,15-16H2,1-2H3,(H,26,29)(H,27,28). The van der Waals surface area contributed by atoms with Crippen LogP contribution < -0.4 is 16.0 Å². The molecule has 3 rings (SSSR count). The minimum absolute atomic E-state index is 0.0654. The third kappa shape index (κ3) is 5.69. The molecular formula is C24H25N3O2. The minimum Gasteiger partial charge on any atom is -0.376 e. The molecule has 29 heavy (non-hydrogen) atoms. The van der Waals surface area contributed by atoms with Crippen molar-refractivity contribution in [3.05, 3.63) is 95.1 Å². The molecule has 148 valence electrons. The molecule has 0 atom stereocenters. The number of carbonyl (C=O) groups excluding carboxylic acids is 2. The fraction of sp³-hybridized carbons (Fsp3) is 0.167. The quantitative estimate of drug-likeness (QED) is 0.567. The van der Waals surface area contributed by atoms with Crippen LogP contribution in [0.2, 0.25) is 0 Å². The lowest BCUT2D eigenvalue weighted by atomic mass is 10.1. The van der Waals surface area contributed by atoms with Crippen molar-refractivity contribution in [1.29, 1.82) is 0 Å². The van der Waals surface area contributed by atoms with E-state index in [0.29, 0.717) is 17.8 Å². The van der Waals surface area contributed by atoms with Crippen LogP contribution in [-0.2, 0) is 11.3 Å². The van der Waals surface area contributed by atoms with Crippen LogP contribution in [0.1, 0.15) is 27.0 Å². The highest BCUT2D eigenvalue weighted by molar-refractivity contribution is 6.00. The predicted molar refractivity (Wildman–Crippen MR) is 117 cm³/mol. The molecule has 0 aromatic heterocycles. The Kier molecular flexibility index (Phi) is 6.63. The van der Waals surface area contributed by atoms with Gasteiger partial charge in [-0.1, -0.05) is 48.5 Å². The van der Waals surface area contributed by atoms with Gasteiger partial charge in [0.15, 0.2) is 0 Å². The van der Waals surface area contributed by atoms with Gasteiger partial charge in [-0.3, -0.25) is 9.59 Å². The molecule has 0 fully saturated rings. The molecule has 3 aromatic rings. The third-order valence-corrected chi connectivity index (χ3v) is 4.70. The average molecular weight is 387 g/mol. The summed E-state index contributed by atoms with van der Waals surface area (Å²) in [6.45, 7) is 4.55. The summed E-state index contributed by atoms with van der Waals surface area (Å²) in [7, 11) is 0. The van der Waals surface area contributed by atoms with Gasteiger partial charge in [-0.15, -0.1) is 0 Å². The zero-order chi connectivity index (χ0) is 20.6. The van der Waals surface area contributed by atoms with E-state index < -0.39 is 0 Å². The van der Waals surface area contributed by atoms with E-state index in [-0.39, 0.29) is 18.4 Å². The highest BCUT2D eigenvalue weighted by atomic mass is 16.2. The lowest BCUT2D eigenvalue weighted by Gasteiger charge is -2.13. The molecular weight excluding hydrogens is 362 g/mol. The SMILES string of the molecule is Cc1ccc(NC(=O)CNc2ccccc2C(=O)NCc2ccccc2)cc1C. The van der Waals surface area contributed by atoms with Gasteiger partial charge in [0, 0.05) is 17.9 Å². The summed E-state index contributed by atoms with van der Waals surface area (Å²) in [6, 6.07) is 22.7. The highest BCUT2D eigenvalue weighted by Crippen LogP contribution is 2.16. The van der Waals surface area contributed by atoms with Gasteiger partial charge in [-0.05, 0) is 54.8 Å². The van der Waals surface area contributed by atoms with E-state index in [2.05, 4.69) is 16.0 Å². The Balaban J connectivity index is 1.58. The number of rotatable bonds is 7. The summed E-state index contributed by atoms with van der Waals surface area (Å²) in [6.07, 6.45) is 0. The first-order valence-corrected chi connectivity index (χ1v) is 9.55. The van der Waals surface area contributed by atoms with Crippen LogP contribution in [-0.4, -0.2) is 18.4 Å². The number of aryl methyl sites for hydroxylation is 2. The van der Waals surface area contributed by atoms with Gasteiger partial charge in [-0.2, -0.15) is 0 Å². The Morgan fingerprint density at radius 2 is 1.55 bits per heavy atom. The molecule has 0 heterocycles. The number of amides is 2. The van der Waals surface area contributed by atoms with Gasteiger partial charge in [0.2, 0.25) is 5.91 Å². The number of benzene rings is 3. The van der Waals surface area contributed by atoms with Crippen LogP contribution in [0.25, 0.3) is 0 Å². The van der Waals surface area contributed by atoms with Crippen LogP contribution in [0.15, 0.2) is 72.8 Å². The van der Waals surface area contributed by atoms with E-state index >= 15 is 0 Å². The Bertz CT molecular complexity index is 1000. The number of carbonyl (C=O) groups is 2. The molecule has 0 aliphatic carbocycles. The molecule has 0 saturated carbocycles. The molecule has 0 spiro atoms. The van der Waals surface area contributed by atoms with Crippen molar-refractivity contribution in [3.63, 3.8) is 0 Å². The third-order valence-electron chi connectivity index (χ3n) is 4.70. The smallest absolute Gasteiger partial charge is 0.253 e. The fourth-order valence-electron chi connectivity index (χ4n) is 2.91. The molecule has 0 aliphatic heterocycles. The van der Waals surface area contributed by atoms with Gasteiger partial charge >= 0.3 is 0 Å². The van der Waals surface area contributed by atoms with Gasteiger partial charge in [0.1, 0.15) is 0 Å². The molecule has 0 radical (unpaired) electrons. The van der Waals surface area contributed by atoms with Crippen LogP contribution in [0.3, 0.4) is 0 Å². The second-order valence-electron chi connectivity index (χ2n) is 6.91. The Morgan fingerprint density at radius 1 is 0.828 bits per heavy atom. The normalized spacial score (nSPS) is 10.3. The summed E-state index contributed by atoms with van der Waals surface area (Å²) in [4.78, 5) is 24.9. The lowest BCUT2D eigenvalue weighted by Crippen LogP contribution is -2.26. The van der Waals surface area contributed by atoms with E-state index in [1.165, 1.54) is 5.56 Å². The number of hydrogen-bond acceptors (Lipinski definition) is 3. The molecule has 3 N–H and O–H groups in total. The van der Waals surface area contributed by atoms with Crippen molar-refractivity contribution < 1.29 is 9.59 Å². The topological polar surface area (TPSA) is 70.2 Å². The van der Waals surface area contributed by atoms with Crippen LogP contribution in [0.4, 0.5) is 11.4 Å². The van der Waals surface area contributed by atoms with E-state index in [9.17, 15) is 9.59 Å². The first-order chi connectivity index (χ1) is 14.0. The van der Waals surface area contributed by atoms with Crippen molar-refractivity contribution in [1.82, 2.24) is 5.32 Å². The molecule has 5 heteroatoms. The highest BCUT2D eigenvalue weighted by Gasteiger charge is 2.12. The van der Waals surface area contributed by atoms with Crippen LogP contribution >= 0.6 is 0 Å². The van der Waals surface area contributed by atoms with Crippen molar-refractivity contribution in [2.45, 2.75) is 20.4 Å². The second-order valence-corrected chi connectivity index (χ2v) is 6.91. The fourth-order valence-corrected chi connectivity index (χ4v) is 2.91. The largest absolute Gasteiger partial charge is 0.376 e. The van der Waals surface area contributed by atoms with E-state index in [1.54, 1.807) is 18.2 Å². The average Bonchev–Trinajstić information content (AvgIpc) is 2.74. The summed E-state index contributed by atoms with van der Waals surface area (Å²) in [5.74, 6) is -0.362. The Hall–Kier alpha value is -3.60. The molecule has 5 nitrogen and oxygen atoms in total. The maximum Gasteiger partial charge on any atom is 0.253 e. The summed E-state index contributed by atoms with van der Waals surface area (Å²) in [5.41, 5.74) is 5.20. The van der Waals surface area contributed by atoms with Gasteiger partial charge in [-0.25, -0.2) is 0 Å². The van der Waals surface area contributed by atoms with Crippen molar-refractivity contribution in [2.24, 2.45) is 0 Å². The molecule has 0 unspecified atom stereocenters. The number of anilines is 2. The summed E-state index contributed by atoms with van der Waals surface area (Å²) in [5, 5.41) is 8.85. The Morgan fingerprint density at radius 3 is 2.31 bits per heavy atom. The predicted octanol–water partition coefficient (Wildman–Crippen LogP) is 4.28. The number of nitrogens with one attached hydrogen (secondary N) is 3. The first-order valence-electron chi connectivity index (χ1n) is 9.55. The van der Waals surface area contributed by atoms with Gasteiger partial charge in [0.25, 0.3) is 5.91 Å². The molecule has 0 saturated heterocycles. The van der Waals surface area contributed by atoms with E-state index in [0.717, 1.165) is 16.8 Å². The number of hydrogen-bond donors (Lipinski definition) is 3. The van der Waals surface area contributed by atoms with Crippen molar-refractivity contribution in [3.8, 4) is 0 Å². The number of para-hydroxylation sites is 1.